The summed E-state index contributed by atoms with van der Waals surface area (Å²) in [6.07, 6.45) is -0.966. The second-order valence-corrected chi connectivity index (χ2v) is 12.2. The third-order valence-corrected chi connectivity index (χ3v) is 7.82. The summed E-state index contributed by atoms with van der Waals surface area (Å²) in [6.45, 7) is -0.434. The molecule has 1 fully saturated rings. The molecule has 1 aromatic heterocycles. The largest absolute Gasteiger partial charge is 0.484 e. The number of aromatic nitrogens is 2. The topological polar surface area (TPSA) is 129 Å². The summed E-state index contributed by atoms with van der Waals surface area (Å²) in [5.41, 5.74) is 1.38. The molecule has 38 heavy (non-hydrogen) atoms. The van der Waals surface area contributed by atoms with Gasteiger partial charge in [0, 0.05) is 25.9 Å². The van der Waals surface area contributed by atoms with Gasteiger partial charge < -0.3 is 20.1 Å². The van der Waals surface area contributed by atoms with Crippen LogP contribution in [0.15, 0.2) is 18.2 Å². The second-order valence-electron chi connectivity index (χ2n) is 10.0. The van der Waals surface area contributed by atoms with Crippen LogP contribution in [-0.2, 0) is 37.7 Å². The Bertz CT molecular complexity index is 1380. The summed E-state index contributed by atoms with van der Waals surface area (Å²) in [5.74, 6) is -1.72. The Morgan fingerprint density at radius 1 is 1.32 bits per heavy atom. The lowest BCUT2D eigenvalue weighted by atomic mass is 9.82. The van der Waals surface area contributed by atoms with Gasteiger partial charge in [0.05, 0.1) is 17.3 Å². The van der Waals surface area contributed by atoms with Crippen molar-refractivity contribution in [1.82, 2.24) is 15.1 Å². The van der Waals surface area contributed by atoms with Crippen LogP contribution < -0.4 is 15.4 Å². The average molecular weight is 557 g/mol. The van der Waals surface area contributed by atoms with Crippen molar-refractivity contribution in [2.24, 2.45) is 0 Å². The van der Waals surface area contributed by atoms with Gasteiger partial charge in [0.2, 0.25) is 5.91 Å². The van der Waals surface area contributed by atoms with Crippen molar-refractivity contribution in [3.8, 4) is 5.75 Å². The lowest BCUT2D eigenvalue weighted by Crippen LogP contribution is -2.49. The maximum atomic E-state index is 13.5. The Balaban J connectivity index is 1.47. The Morgan fingerprint density at radius 3 is 2.74 bits per heavy atom. The lowest BCUT2D eigenvalue weighted by molar-refractivity contribution is -0.153. The number of hydrogen-bond donors (Lipinski definition) is 2. The van der Waals surface area contributed by atoms with E-state index in [2.05, 4.69) is 10.6 Å². The van der Waals surface area contributed by atoms with E-state index in [1.165, 1.54) is 6.07 Å². The molecule has 0 radical (unpaired) electrons. The summed E-state index contributed by atoms with van der Waals surface area (Å²) in [4.78, 5) is 26.1. The van der Waals surface area contributed by atoms with Crippen molar-refractivity contribution in [1.29, 1.82) is 0 Å². The summed E-state index contributed by atoms with van der Waals surface area (Å²) in [6, 6.07) is 4.53. The first kappa shape index (κ1) is 26.5. The van der Waals surface area contributed by atoms with E-state index < -0.39 is 45.7 Å². The molecule has 14 heteroatoms. The number of amides is 2. The number of rotatable bonds is 6. The minimum atomic E-state index is -4.45. The van der Waals surface area contributed by atoms with Crippen molar-refractivity contribution in [2.75, 3.05) is 37.1 Å². The van der Waals surface area contributed by atoms with Gasteiger partial charge in [-0.25, -0.2) is 13.1 Å². The molecule has 2 amide bonds. The molecule has 5 rings (SSSR count). The monoisotopic (exact) mass is 556 g/mol. The van der Waals surface area contributed by atoms with Crippen molar-refractivity contribution in [2.45, 2.75) is 49.9 Å². The highest BCUT2D eigenvalue weighted by atomic mass is 32.2. The number of nitrogens with one attached hydrogen (secondary N) is 2. The molecule has 1 aromatic carbocycles. The van der Waals surface area contributed by atoms with Crippen molar-refractivity contribution in [3.05, 3.63) is 40.6 Å². The Kier molecular flexibility index (Phi) is 6.66. The third kappa shape index (κ3) is 5.37. The van der Waals surface area contributed by atoms with E-state index in [1.54, 1.807) is 16.8 Å². The summed E-state index contributed by atoms with van der Waals surface area (Å²) >= 11 is 0. The van der Waals surface area contributed by atoms with E-state index in [0.717, 1.165) is 17.4 Å². The number of benzene rings is 1. The molecule has 3 heterocycles. The molecular weight excluding hydrogens is 529 g/mol. The molecule has 1 atom stereocenters. The number of fused-ring (bicyclic) bond motifs is 3. The van der Waals surface area contributed by atoms with Gasteiger partial charge in [-0.3, -0.25) is 9.59 Å². The zero-order chi connectivity index (χ0) is 27.3. The number of sulfone groups is 1. The zero-order valence-electron chi connectivity index (χ0n) is 20.6. The third-order valence-electron chi connectivity index (χ3n) is 7.04. The normalized spacial score (nSPS) is 21.6. The van der Waals surface area contributed by atoms with Gasteiger partial charge in [-0.2, -0.15) is 18.3 Å². The van der Waals surface area contributed by atoms with Gasteiger partial charge in [0.15, 0.2) is 16.4 Å². The minimum absolute atomic E-state index is 0.0978. The van der Waals surface area contributed by atoms with Crippen LogP contribution in [-0.4, -0.2) is 68.0 Å². The van der Waals surface area contributed by atoms with Gasteiger partial charge in [0.1, 0.15) is 22.9 Å². The zero-order valence-corrected chi connectivity index (χ0v) is 21.4. The van der Waals surface area contributed by atoms with Crippen molar-refractivity contribution >= 4 is 27.5 Å². The Morgan fingerprint density at radius 2 is 2.05 bits per heavy atom. The van der Waals surface area contributed by atoms with Gasteiger partial charge in [0.25, 0.3) is 5.91 Å². The number of carbonyl (C=O) groups is 2. The maximum absolute atomic E-state index is 13.5. The van der Waals surface area contributed by atoms with Crippen molar-refractivity contribution in [3.63, 3.8) is 0 Å². The molecule has 2 N–H and O–H groups in total. The molecule has 1 aliphatic carbocycles. The maximum Gasteiger partial charge on any atom is 0.422 e. The Labute approximate surface area is 216 Å². The van der Waals surface area contributed by atoms with Gasteiger partial charge in [-0.15, -0.1) is 0 Å². The van der Waals surface area contributed by atoms with Gasteiger partial charge in [-0.1, -0.05) is 6.07 Å². The van der Waals surface area contributed by atoms with Crippen LogP contribution in [0.25, 0.3) is 0 Å². The molecule has 0 bridgehead atoms. The van der Waals surface area contributed by atoms with E-state index in [4.69, 9.17) is 14.6 Å². The smallest absolute Gasteiger partial charge is 0.422 e. The Hall–Kier alpha value is -3.13. The van der Waals surface area contributed by atoms with E-state index in [9.17, 15) is 31.2 Å². The summed E-state index contributed by atoms with van der Waals surface area (Å²) in [5, 5.41) is 10.4. The van der Waals surface area contributed by atoms with Crippen LogP contribution in [0.2, 0.25) is 0 Å². The highest BCUT2D eigenvalue weighted by Crippen LogP contribution is 2.45. The molecule has 1 spiro atoms. The summed E-state index contributed by atoms with van der Waals surface area (Å²) in [7, 11) is -3.60. The van der Waals surface area contributed by atoms with E-state index in [0.29, 0.717) is 51.0 Å². The number of aryl methyl sites for hydroxylation is 1. The fourth-order valence-electron chi connectivity index (χ4n) is 5.47. The first-order chi connectivity index (χ1) is 17.8. The van der Waals surface area contributed by atoms with Gasteiger partial charge in [-0.05, 0) is 48.9 Å². The number of anilines is 1. The number of hydrogen-bond acceptors (Lipinski definition) is 7. The number of carbonyl (C=O) groups excluding carboxylic acids is 2. The molecule has 0 saturated carbocycles. The first-order valence-electron chi connectivity index (χ1n) is 12.2. The van der Waals surface area contributed by atoms with Crippen molar-refractivity contribution < 1.29 is 40.7 Å². The highest BCUT2D eigenvalue weighted by molar-refractivity contribution is 7.91. The van der Waals surface area contributed by atoms with Crippen LogP contribution >= 0.6 is 0 Å². The van der Waals surface area contributed by atoms with E-state index in [-0.39, 0.29) is 23.2 Å². The highest BCUT2D eigenvalue weighted by Gasteiger charge is 2.47. The van der Waals surface area contributed by atoms with Crippen LogP contribution in [0.3, 0.4) is 0 Å². The SMILES string of the molecule is CS(=O)(=O)CC(=O)Nc1c2c(nn1C1CCOCC1)C[C@]1(CCc3cc(OCC(F)(F)F)ccc31)NC2=O. The average Bonchev–Trinajstić information content (AvgIpc) is 3.35. The predicted molar refractivity (Wildman–Crippen MR) is 129 cm³/mol. The minimum Gasteiger partial charge on any atom is -0.484 e. The van der Waals surface area contributed by atoms with Gasteiger partial charge >= 0.3 is 6.18 Å². The molecule has 206 valence electrons. The lowest BCUT2D eigenvalue weighted by Gasteiger charge is -2.35. The van der Waals surface area contributed by atoms with Crippen LogP contribution in [0, 0.1) is 0 Å². The number of alkyl halides is 3. The summed E-state index contributed by atoms with van der Waals surface area (Å²) < 4.78 is 73.0. The standard InChI is InChI=1S/C24H27F3N4O6S/c1-38(34,35)12-19(32)28-21-20-18(30-31(21)15-5-8-36-9-6-15)11-23(29-22(20)33)7-4-14-10-16(2-3-17(14)23)37-13-24(25,26)27/h2-3,10,15H,4-9,11-13H2,1H3,(H,28,32)(H,29,33)/t23-/m0/s1. The molecule has 0 unspecified atom stereocenters. The molecule has 10 nitrogen and oxygen atoms in total. The first-order valence-corrected chi connectivity index (χ1v) is 14.2. The number of halogens is 3. The number of ether oxygens (including phenoxy) is 2. The van der Waals surface area contributed by atoms with E-state index >= 15 is 0 Å². The van der Waals surface area contributed by atoms with Crippen LogP contribution in [0.4, 0.5) is 19.0 Å². The molecule has 3 aliphatic rings. The number of nitrogens with zero attached hydrogens (tertiary/aromatic N) is 2. The quantitative estimate of drug-likeness (QED) is 0.559. The van der Waals surface area contributed by atoms with E-state index in [1.807, 2.05) is 0 Å². The second kappa shape index (κ2) is 9.56. The van der Waals surface area contributed by atoms with Crippen LogP contribution in [0.1, 0.15) is 52.5 Å². The predicted octanol–water partition coefficient (Wildman–Crippen LogP) is 2.29. The molecule has 1 saturated heterocycles. The van der Waals surface area contributed by atoms with Crippen LogP contribution in [0.5, 0.6) is 5.75 Å². The molecular formula is C24H27F3N4O6S. The molecule has 2 aliphatic heterocycles. The molecule has 2 aromatic rings. The fraction of sp³-hybridized carbons (Fsp3) is 0.542. The fourth-order valence-corrected chi connectivity index (χ4v) is 6.02.